The Labute approximate surface area is 151 Å². The van der Waals surface area contributed by atoms with Gasteiger partial charge in [0.25, 0.3) is 0 Å². The quantitative estimate of drug-likeness (QED) is 0.605. The molecule has 3 aromatic rings. The number of nitrogens with zero attached hydrogens (tertiary/aromatic N) is 1. The molecule has 0 atom stereocenters. The van der Waals surface area contributed by atoms with Gasteiger partial charge in [0.2, 0.25) is 0 Å². The maximum Gasteiger partial charge on any atom is 0.0637 e. The number of likely N-dealkylation sites (N-methyl/N-ethyl adjacent to an activating group) is 1. The summed E-state index contributed by atoms with van der Waals surface area (Å²) in [6, 6.07) is 30.4. The smallest absolute Gasteiger partial charge is 0.0637 e. The van der Waals surface area contributed by atoms with E-state index < -0.39 is 7.92 Å². The SMILES string of the molecule is COCCN(C)c1ccccc1P(c1ccccc1)c1ccccc1. The summed E-state index contributed by atoms with van der Waals surface area (Å²) in [6.07, 6.45) is 0. The van der Waals surface area contributed by atoms with Crippen molar-refractivity contribution >= 4 is 29.5 Å². The molecule has 0 aliphatic rings. The summed E-state index contributed by atoms with van der Waals surface area (Å²) in [6.45, 7) is 1.60. The zero-order valence-electron chi connectivity index (χ0n) is 14.8. The van der Waals surface area contributed by atoms with Gasteiger partial charge in [-0.1, -0.05) is 78.9 Å². The van der Waals surface area contributed by atoms with Crippen LogP contribution in [0.1, 0.15) is 0 Å². The fourth-order valence-corrected chi connectivity index (χ4v) is 5.41. The molecule has 3 aromatic carbocycles. The van der Waals surface area contributed by atoms with E-state index in [1.807, 2.05) is 0 Å². The van der Waals surface area contributed by atoms with Crippen LogP contribution in [0.4, 0.5) is 5.69 Å². The minimum Gasteiger partial charge on any atom is -0.383 e. The van der Waals surface area contributed by atoms with Gasteiger partial charge < -0.3 is 9.64 Å². The van der Waals surface area contributed by atoms with E-state index in [1.165, 1.54) is 21.6 Å². The lowest BCUT2D eigenvalue weighted by molar-refractivity contribution is 0.206. The van der Waals surface area contributed by atoms with Crippen molar-refractivity contribution in [2.75, 3.05) is 32.2 Å². The second-order valence-electron chi connectivity index (χ2n) is 5.91. The highest BCUT2D eigenvalue weighted by Crippen LogP contribution is 2.36. The van der Waals surface area contributed by atoms with Crippen LogP contribution in [-0.4, -0.2) is 27.3 Å². The average Bonchev–Trinajstić information content (AvgIpc) is 2.68. The van der Waals surface area contributed by atoms with Gasteiger partial charge in [-0.05, 0) is 24.6 Å². The van der Waals surface area contributed by atoms with Crippen molar-refractivity contribution < 1.29 is 4.74 Å². The summed E-state index contributed by atoms with van der Waals surface area (Å²) in [5.41, 5.74) is 1.28. The first-order chi connectivity index (χ1) is 12.3. The van der Waals surface area contributed by atoms with Crippen molar-refractivity contribution in [2.24, 2.45) is 0 Å². The zero-order valence-corrected chi connectivity index (χ0v) is 15.7. The lowest BCUT2D eigenvalue weighted by atomic mass is 10.3. The molecule has 3 rings (SSSR count). The van der Waals surface area contributed by atoms with Crippen LogP contribution in [0.2, 0.25) is 0 Å². The molecule has 0 aromatic heterocycles. The van der Waals surface area contributed by atoms with E-state index in [4.69, 9.17) is 4.74 Å². The number of methoxy groups -OCH3 is 1. The number of ether oxygens (including phenoxy) is 1. The summed E-state index contributed by atoms with van der Waals surface area (Å²) >= 11 is 0. The van der Waals surface area contributed by atoms with E-state index in [1.54, 1.807) is 7.11 Å². The van der Waals surface area contributed by atoms with Crippen molar-refractivity contribution in [3.8, 4) is 0 Å². The van der Waals surface area contributed by atoms with Gasteiger partial charge in [-0.25, -0.2) is 0 Å². The van der Waals surface area contributed by atoms with Crippen LogP contribution >= 0.6 is 7.92 Å². The Kier molecular flexibility index (Phi) is 6.22. The molecule has 128 valence electrons. The molecule has 0 spiro atoms. The van der Waals surface area contributed by atoms with Gasteiger partial charge in [-0.3, -0.25) is 0 Å². The van der Waals surface area contributed by atoms with E-state index in [0.717, 1.165) is 13.2 Å². The van der Waals surface area contributed by atoms with Crippen LogP contribution in [0.3, 0.4) is 0 Å². The molecule has 25 heavy (non-hydrogen) atoms. The Morgan fingerprint density at radius 3 is 1.84 bits per heavy atom. The van der Waals surface area contributed by atoms with Crippen molar-refractivity contribution in [3.63, 3.8) is 0 Å². The molecule has 0 heterocycles. The standard InChI is InChI=1S/C22H24NOP/c1-23(17-18-24-2)21-15-9-10-16-22(21)25(19-11-5-3-6-12-19)20-13-7-4-8-14-20/h3-16H,17-18H2,1-2H3. The summed E-state index contributed by atoms with van der Waals surface area (Å²) in [5.74, 6) is 0. The molecule has 0 unspecified atom stereocenters. The summed E-state index contributed by atoms with van der Waals surface area (Å²) in [5, 5.41) is 4.13. The van der Waals surface area contributed by atoms with Crippen molar-refractivity contribution in [1.82, 2.24) is 0 Å². The maximum absolute atomic E-state index is 5.27. The first kappa shape index (κ1) is 17.7. The van der Waals surface area contributed by atoms with Gasteiger partial charge in [0.1, 0.15) is 0 Å². The van der Waals surface area contributed by atoms with E-state index >= 15 is 0 Å². The lowest BCUT2D eigenvalue weighted by Gasteiger charge is -2.27. The van der Waals surface area contributed by atoms with Gasteiger partial charge >= 0.3 is 0 Å². The first-order valence-corrected chi connectivity index (χ1v) is 9.85. The summed E-state index contributed by atoms with van der Waals surface area (Å²) in [7, 11) is 3.29. The first-order valence-electron chi connectivity index (χ1n) is 8.50. The normalized spacial score (nSPS) is 10.8. The number of anilines is 1. The van der Waals surface area contributed by atoms with Gasteiger partial charge in [0.05, 0.1) is 6.61 Å². The van der Waals surface area contributed by atoms with Crippen LogP contribution in [0, 0.1) is 0 Å². The molecule has 2 nitrogen and oxygen atoms in total. The Morgan fingerprint density at radius 2 is 1.28 bits per heavy atom. The van der Waals surface area contributed by atoms with Crippen molar-refractivity contribution in [1.29, 1.82) is 0 Å². The fraction of sp³-hybridized carbons (Fsp3) is 0.182. The molecule has 0 bridgehead atoms. The Balaban J connectivity index is 2.09. The Bertz CT molecular complexity index is 737. The predicted molar refractivity (Wildman–Crippen MR) is 110 cm³/mol. The third-order valence-corrected chi connectivity index (χ3v) is 6.68. The molecule has 0 N–H and O–H groups in total. The largest absolute Gasteiger partial charge is 0.383 e. The molecule has 0 aliphatic carbocycles. The fourth-order valence-electron chi connectivity index (χ4n) is 2.91. The minimum absolute atomic E-state index is 0.597. The lowest BCUT2D eigenvalue weighted by Crippen LogP contribution is -2.30. The van der Waals surface area contributed by atoms with Crippen molar-refractivity contribution in [2.45, 2.75) is 0 Å². The predicted octanol–water partition coefficient (Wildman–Crippen LogP) is 3.53. The minimum atomic E-state index is -0.597. The highest BCUT2D eigenvalue weighted by Gasteiger charge is 2.20. The van der Waals surface area contributed by atoms with Gasteiger partial charge in [-0.15, -0.1) is 0 Å². The molecular weight excluding hydrogens is 325 g/mol. The highest BCUT2D eigenvalue weighted by molar-refractivity contribution is 7.80. The number of para-hydroxylation sites is 1. The molecular formula is C22H24NOP. The molecule has 3 heteroatoms. The number of benzene rings is 3. The second kappa shape index (κ2) is 8.80. The third kappa shape index (κ3) is 4.28. The molecule has 0 saturated carbocycles. The van der Waals surface area contributed by atoms with Gasteiger partial charge in [0.15, 0.2) is 0 Å². The van der Waals surface area contributed by atoms with E-state index in [0.29, 0.717) is 0 Å². The van der Waals surface area contributed by atoms with Crippen LogP contribution in [-0.2, 0) is 4.74 Å². The Hall–Kier alpha value is -2.15. The molecule has 0 fully saturated rings. The second-order valence-corrected chi connectivity index (χ2v) is 8.09. The average molecular weight is 349 g/mol. The van der Waals surface area contributed by atoms with E-state index in [-0.39, 0.29) is 0 Å². The molecule has 0 saturated heterocycles. The van der Waals surface area contributed by atoms with E-state index in [2.05, 4.69) is 96.9 Å². The van der Waals surface area contributed by atoms with Gasteiger partial charge in [0, 0.05) is 31.7 Å². The van der Waals surface area contributed by atoms with Crippen molar-refractivity contribution in [3.05, 3.63) is 84.9 Å². The number of rotatable bonds is 7. The maximum atomic E-state index is 5.27. The van der Waals surface area contributed by atoms with Crippen LogP contribution in [0.5, 0.6) is 0 Å². The third-order valence-electron chi connectivity index (χ3n) is 4.19. The number of hydrogen-bond acceptors (Lipinski definition) is 2. The number of hydrogen-bond donors (Lipinski definition) is 0. The summed E-state index contributed by atoms with van der Waals surface area (Å²) < 4.78 is 5.27. The van der Waals surface area contributed by atoms with Crippen LogP contribution in [0.15, 0.2) is 84.9 Å². The highest BCUT2D eigenvalue weighted by atomic mass is 31.1. The Morgan fingerprint density at radius 1 is 0.760 bits per heavy atom. The van der Waals surface area contributed by atoms with Crippen LogP contribution < -0.4 is 20.8 Å². The van der Waals surface area contributed by atoms with Gasteiger partial charge in [-0.2, -0.15) is 0 Å². The molecule has 0 amide bonds. The molecule has 0 radical (unpaired) electrons. The topological polar surface area (TPSA) is 12.5 Å². The monoisotopic (exact) mass is 349 g/mol. The molecule has 0 aliphatic heterocycles. The van der Waals surface area contributed by atoms with E-state index in [9.17, 15) is 0 Å². The zero-order chi connectivity index (χ0) is 17.5. The summed E-state index contributed by atoms with van der Waals surface area (Å²) in [4.78, 5) is 2.29. The van der Waals surface area contributed by atoms with Crippen LogP contribution in [0.25, 0.3) is 0 Å².